The Balaban J connectivity index is 1.75. The third kappa shape index (κ3) is 3.73. The van der Waals surface area contributed by atoms with E-state index in [0.717, 1.165) is 24.3 Å². The summed E-state index contributed by atoms with van der Waals surface area (Å²) in [4.78, 5) is 17.9. The minimum absolute atomic E-state index is 0.122. The zero-order chi connectivity index (χ0) is 14.7. The summed E-state index contributed by atoms with van der Waals surface area (Å²) in [6.45, 7) is 4.22. The van der Waals surface area contributed by atoms with Gasteiger partial charge < -0.3 is 9.64 Å². The van der Waals surface area contributed by atoms with Crippen LogP contribution in [0.3, 0.4) is 0 Å². The largest absolute Gasteiger partial charge is 0.376 e. The Hall–Kier alpha value is -1.17. The van der Waals surface area contributed by atoms with Gasteiger partial charge in [0.25, 0.3) is 5.91 Å². The molecule has 2 aromatic heterocycles. The van der Waals surface area contributed by atoms with Crippen LogP contribution in [0.4, 0.5) is 0 Å². The van der Waals surface area contributed by atoms with E-state index in [-0.39, 0.29) is 12.0 Å². The van der Waals surface area contributed by atoms with Crippen LogP contribution in [-0.2, 0) is 11.3 Å². The van der Waals surface area contributed by atoms with E-state index in [1.807, 2.05) is 30.0 Å². The minimum atomic E-state index is 0.122. The van der Waals surface area contributed by atoms with Gasteiger partial charge in [0.2, 0.25) is 0 Å². The summed E-state index contributed by atoms with van der Waals surface area (Å²) >= 11 is 3.26. The Kier molecular flexibility index (Phi) is 4.73. The molecule has 0 aliphatic carbocycles. The van der Waals surface area contributed by atoms with Crippen LogP contribution in [-0.4, -0.2) is 30.1 Å². The number of hydrogen-bond acceptors (Lipinski definition) is 4. The second kappa shape index (κ2) is 6.73. The number of rotatable bonds is 5. The van der Waals surface area contributed by atoms with Gasteiger partial charge in [-0.2, -0.15) is 0 Å². The van der Waals surface area contributed by atoms with Crippen molar-refractivity contribution in [2.45, 2.75) is 32.4 Å². The maximum atomic E-state index is 12.8. The quantitative estimate of drug-likeness (QED) is 0.835. The van der Waals surface area contributed by atoms with Gasteiger partial charge in [-0.25, -0.2) is 0 Å². The van der Waals surface area contributed by atoms with Gasteiger partial charge in [-0.05, 0) is 43.3 Å². The van der Waals surface area contributed by atoms with E-state index >= 15 is 0 Å². The van der Waals surface area contributed by atoms with E-state index in [2.05, 4.69) is 11.4 Å². The van der Waals surface area contributed by atoms with E-state index < -0.39 is 0 Å². The molecule has 1 saturated heterocycles. The predicted molar refractivity (Wildman–Crippen MR) is 87.1 cm³/mol. The van der Waals surface area contributed by atoms with E-state index in [1.165, 1.54) is 9.75 Å². The first-order valence-corrected chi connectivity index (χ1v) is 8.91. The molecule has 1 aliphatic heterocycles. The lowest BCUT2D eigenvalue weighted by atomic mass is 10.2. The second-order valence-corrected chi connectivity index (χ2v) is 7.63. The molecule has 1 fully saturated rings. The van der Waals surface area contributed by atoms with Crippen molar-refractivity contribution in [1.82, 2.24) is 4.90 Å². The van der Waals surface area contributed by atoms with Crippen molar-refractivity contribution in [1.29, 1.82) is 0 Å². The van der Waals surface area contributed by atoms with Crippen molar-refractivity contribution in [2.24, 2.45) is 0 Å². The summed E-state index contributed by atoms with van der Waals surface area (Å²) in [6, 6.07) is 8.05. The molecule has 0 radical (unpaired) electrons. The molecule has 112 valence electrons. The van der Waals surface area contributed by atoms with Crippen LogP contribution in [0.5, 0.6) is 0 Å². The molecular formula is C16H19NO2S2. The van der Waals surface area contributed by atoms with Crippen molar-refractivity contribution in [3.05, 3.63) is 44.3 Å². The fourth-order valence-corrected chi connectivity index (χ4v) is 4.10. The molecule has 1 unspecified atom stereocenters. The van der Waals surface area contributed by atoms with Gasteiger partial charge in [0, 0.05) is 22.9 Å². The zero-order valence-corrected chi connectivity index (χ0v) is 13.7. The molecular weight excluding hydrogens is 302 g/mol. The van der Waals surface area contributed by atoms with Crippen LogP contribution in [0.15, 0.2) is 29.6 Å². The number of hydrogen-bond donors (Lipinski definition) is 0. The van der Waals surface area contributed by atoms with Gasteiger partial charge in [0.1, 0.15) is 0 Å². The summed E-state index contributed by atoms with van der Waals surface area (Å²) in [5.41, 5.74) is 0. The first-order valence-electron chi connectivity index (χ1n) is 7.22. The van der Waals surface area contributed by atoms with Crippen LogP contribution in [0.1, 0.15) is 32.3 Å². The van der Waals surface area contributed by atoms with E-state index in [9.17, 15) is 4.79 Å². The molecule has 1 atom stereocenters. The van der Waals surface area contributed by atoms with Crippen LogP contribution < -0.4 is 0 Å². The summed E-state index contributed by atoms with van der Waals surface area (Å²) in [7, 11) is 0. The second-order valence-electron chi connectivity index (χ2n) is 5.31. The lowest BCUT2D eigenvalue weighted by Crippen LogP contribution is -2.36. The summed E-state index contributed by atoms with van der Waals surface area (Å²) in [5.74, 6) is 0.122. The van der Waals surface area contributed by atoms with E-state index in [4.69, 9.17) is 4.74 Å². The highest BCUT2D eigenvalue weighted by molar-refractivity contribution is 7.14. The third-order valence-electron chi connectivity index (χ3n) is 3.61. The molecule has 3 rings (SSSR count). The topological polar surface area (TPSA) is 29.5 Å². The van der Waals surface area contributed by atoms with Crippen LogP contribution in [0.2, 0.25) is 0 Å². The molecule has 0 bridgehead atoms. The smallest absolute Gasteiger partial charge is 0.264 e. The Labute approximate surface area is 133 Å². The molecule has 21 heavy (non-hydrogen) atoms. The number of amides is 1. The number of nitrogens with zero attached hydrogens (tertiary/aromatic N) is 1. The van der Waals surface area contributed by atoms with Gasteiger partial charge in [0.15, 0.2) is 0 Å². The molecule has 3 heterocycles. The minimum Gasteiger partial charge on any atom is -0.376 e. The number of ether oxygens (including phenoxy) is 1. The normalized spacial score (nSPS) is 18.0. The Bertz CT molecular complexity index is 585. The van der Waals surface area contributed by atoms with Crippen molar-refractivity contribution in [3.8, 4) is 0 Å². The zero-order valence-electron chi connectivity index (χ0n) is 12.1. The highest BCUT2D eigenvalue weighted by Crippen LogP contribution is 2.22. The van der Waals surface area contributed by atoms with Crippen LogP contribution in [0, 0.1) is 6.92 Å². The van der Waals surface area contributed by atoms with Crippen molar-refractivity contribution < 1.29 is 9.53 Å². The maximum absolute atomic E-state index is 12.8. The molecule has 0 saturated carbocycles. The van der Waals surface area contributed by atoms with E-state index in [0.29, 0.717) is 13.1 Å². The monoisotopic (exact) mass is 321 g/mol. The van der Waals surface area contributed by atoms with Crippen LogP contribution >= 0.6 is 22.7 Å². The third-order valence-corrected chi connectivity index (χ3v) is 5.46. The summed E-state index contributed by atoms with van der Waals surface area (Å²) < 4.78 is 5.71. The standard InChI is InChI=1S/C16H19NO2S2/c1-12-6-7-15(21-12)16(18)17(10-13-4-2-8-19-13)11-14-5-3-9-20-14/h3,5-7,9,13H,2,4,8,10-11H2,1H3. The molecule has 2 aromatic rings. The summed E-state index contributed by atoms with van der Waals surface area (Å²) in [6.07, 6.45) is 2.34. The number of carbonyl (C=O) groups excluding carboxylic acids is 1. The predicted octanol–water partition coefficient (Wildman–Crippen LogP) is 3.94. The molecule has 5 heteroatoms. The SMILES string of the molecule is Cc1ccc(C(=O)N(Cc2cccs2)CC2CCCO2)s1. The van der Waals surface area contributed by atoms with Crippen molar-refractivity contribution in [2.75, 3.05) is 13.2 Å². The molecule has 0 N–H and O–H groups in total. The van der Waals surface area contributed by atoms with Gasteiger partial charge >= 0.3 is 0 Å². The Morgan fingerprint density at radius 2 is 2.33 bits per heavy atom. The summed E-state index contributed by atoms with van der Waals surface area (Å²) in [5, 5.41) is 2.05. The van der Waals surface area contributed by atoms with Gasteiger partial charge in [0.05, 0.1) is 17.5 Å². The highest BCUT2D eigenvalue weighted by Gasteiger charge is 2.24. The van der Waals surface area contributed by atoms with Gasteiger partial charge in [-0.15, -0.1) is 22.7 Å². The Morgan fingerprint density at radius 1 is 1.43 bits per heavy atom. The maximum Gasteiger partial charge on any atom is 0.264 e. The first kappa shape index (κ1) is 14.8. The number of carbonyl (C=O) groups is 1. The molecule has 1 aliphatic rings. The van der Waals surface area contributed by atoms with Crippen molar-refractivity contribution in [3.63, 3.8) is 0 Å². The van der Waals surface area contributed by atoms with Gasteiger partial charge in [-0.1, -0.05) is 6.07 Å². The van der Waals surface area contributed by atoms with Gasteiger partial charge in [-0.3, -0.25) is 4.79 Å². The number of thiophene rings is 2. The Morgan fingerprint density at radius 3 is 2.95 bits per heavy atom. The highest BCUT2D eigenvalue weighted by atomic mass is 32.1. The lowest BCUT2D eigenvalue weighted by molar-refractivity contribution is 0.0513. The molecule has 1 amide bonds. The van der Waals surface area contributed by atoms with Crippen LogP contribution in [0.25, 0.3) is 0 Å². The lowest BCUT2D eigenvalue weighted by Gasteiger charge is -2.24. The first-order chi connectivity index (χ1) is 10.2. The van der Waals surface area contributed by atoms with E-state index in [1.54, 1.807) is 22.7 Å². The molecule has 0 spiro atoms. The number of aryl methyl sites for hydroxylation is 1. The fraction of sp³-hybridized carbons (Fsp3) is 0.438. The molecule has 0 aromatic carbocycles. The van der Waals surface area contributed by atoms with Crippen molar-refractivity contribution >= 4 is 28.6 Å². The average Bonchev–Trinajstić information content (AvgIpc) is 3.19. The molecule has 3 nitrogen and oxygen atoms in total. The fourth-order valence-electron chi connectivity index (χ4n) is 2.55. The average molecular weight is 321 g/mol.